The highest BCUT2D eigenvalue weighted by Gasteiger charge is 2.20. The maximum atomic E-state index is 13.4. The normalized spacial score (nSPS) is 10.5. The van der Waals surface area contributed by atoms with Gasteiger partial charge in [0, 0.05) is 23.6 Å². The first-order valence-electron chi connectivity index (χ1n) is 10.2. The van der Waals surface area contributed by atoms with E-state index in [0.29, 0.717) is 17.2 Å². The maximum Gasteiger partial charge on any atom is 0.325 e. The van der Waals surface area contributed by atoms with Crippen molar-refractivity contribution in [2.45, 2.75) is 0 Å². The van der Waals surface area contributed by atoms with E-state index >= 15 is 0 Å². The van der Waals surface area contributed by atoms with Crippen LogP contribution in [0.2, 0.25) is 0 Å². The Balaban J connectivity index is 1.60. The van der Waals surface area contributed by atoms with E-state index in [9.17, 15) is 18.8 Å². The van der Waals surface area contributed by atoms with Gasteiger partial charge >= 0.3 is 5.97 Å². The first-order valence-corrected chi connectivity index (χ1v) is 10.2. The van der Waals surface area contributed by atoms with E-state index in [4.69, 9.17) is 0 Å². The summed E-state index contributed by atoms with van der Waals surface area (Å²) in [5.41, 5.74) is 1.48. The molecule has 4 rings (SSSR count). The summed E-state index contributed by atoms with van der Waals surface area (Å²) >= 11 is 0. The summed E-state index contributed by atoms with van der Waals surface area (Å²) in [6, 6.07) is 15.7. The highest BCUT2D eigenvalue weighted by Crippen LogP contribution is 2.22. The fourth-order valence-electron chi connectivity index (χ4n) is 3.26. The molecule has 9 nitrogen and oxygen atoms in total. The Morgan fingerprint density at radius 1 is 1.00 bits per heavy atom. The van der Waals surface area contributed by atoms with Crippen LogP contribution >= 0.6 is 0 Å². The van der Waals surface area contributed by atoms with Crippen LogP contribution in [0.15, 0.2) is 79.3 Å². The van der Waals surface area contributed by atoms with E-state index in [0.717, 1.165) is 0 Å². The lowest BCUT2D eigenvalue weighted by Gasteiger charge is -2.12. The number of hydrogen-bond donors (Lipinski definition) is 2. The summed E-state index contributed by atoms with van der Waals surface area (Å²) in [5, 5.41) is 9.55. The minimum atomic E-state index is -0.575. The predicted octanol–water partition coefficient (Wildman–Crippen LogP) is 2.96. The molecule has 2 heterocycles. The number of carbonyl (C=O) groups is 3. The molecule has 0 saturated heterocycles. The Labute approximate surface area is 193 Å². The molecular formula is C24H20FN5O4. The van der Waals surface area contributed by atoms with Crippen LogP contribution in [0, 0.1) is 5.82 Å². The number of methoxy groups -OCH3 is 1. The lowest BCUT2D eigenvalue weighted by atomic mass is 10.1. The smallest absolute Gasteiger partial charge is 0.325 e. The Kier molecular flexibility index (Phi) is 6.49. The molecule has 2 aromatic heterocycles. The van der Waals surface area contributed by atoms with Crippen LogP contribution in [-0.4, -0.2) is 45.8 Å². The van der Waals surface area contributed by atoms with Gasteiger partial charge < -0.3 is 19.9 Å². The number of nitrogens with zero attached hydrogens (tertiary/aromatic N) is 3. The standard InChI is InChI=1S/C24H20FN5O4/c1-34-21(31)15-26-22(32)16-5-4-6-18(13-16)28-23(33)20-14-27-30(19-9-7-17(25)8-10-19)24(20)29-11-2-3-12-29/h2-14H,15H2,1H3,(H,26,32)(H,28,33). The molecule has 0 radical (unpaired) electrons. The Hall–Kier alpha value is -4.73. The second-order valence-corrected chi connectivity index (χ2v) is 7.15. The van der Waals surface area contributed by atoms with Crippen molar-refractivity contribution in [3.05, 3.63) is 96.2 Å². The topological polar surface area (TPSA) is 107 Å². The van der Waals surface area contributed by atoms with Gasteiger partial charge in [-0.15, -0.1) is 0 Å². The first-order chi connectivity index (χ1) is 16.5. The van der Waals surface area contributed by atoms with E-state index in [-0.39, 0.29) is 23.5 Å². The molecule has 0 unspecified atom stereocenters. The molecule has 2 N–H and O–H groups in total. The molecule has 34 heavy (non-hydrogen) atoms. The number of rotatable bonds is 7. The second kappa shape index (κ2) is 9.82. The Morgan fingerprint density at radius 2 is 1.74 bits per heavy atom. The van der Waals surface area contributed by atoms with Crippen molar-refractivity contribution < 1.29 is 23.5 Å². The van der Waals surface area contributed by atoms with Crippen molar-refractivity contribution in [2.24, 2.45) is 0 Å². The highest BCUT2D eigenvalue weighted by molar-refractivity contribution is 6.07. The number of anilines is 1. The highest BCUT2D eigenvalue weighted by atomic mass is 19.1. The largest absolute Gasteiger partial charge is 0.468 e. The van der Waals surface area contributed by atoms with Crippen molar-refractivity contribution in [3.63, 3.8) is 0 Å². The van der Waals surface area contributed by atoms with E-state index < -0.39 is 17.8 Å². The third-order valence-electron chi connectivity index (χ3n) is 4.91. The molecule has 0 saturated carbocycles. The molecule has 10 heteroatoms. The minimum Gasteiger partial charge on any atom is -0.468 e. The van der Waals surface area contributed by atoms with Crippen LogP contribution < -0.4 is 10.6 Å². The van der Waals surface area contributed by atoms with Crippen molar-refractivity contribution in [3.8, 4) is 11.5 Å². The number of hydrogen-bond acceptors (Lipinski definition) is 5. The van der Waals surface area contributed by atoms with E-state index in [1.807, 2.05) is 0 Å². The quantitative estimate of drug-likeness (QED) is 0.412. The average molecular weight is 461 g/mol. The van der Waals surface area contributed by atoms with Gasteiger partial charge in [-0.2, -0.15) is 5.10 Å². The van der Waals surface area contributed by atoms with Crippen LogP contribution in [0.25, 0.3) is 11.5 Å². The number of nitrogens with one attached hydrogen (secondary N) is 2. The lowest BCUT2D eigenvalue weighted by Crippen LogP contribution is -2.30. The third kappa shape index (κ3) is 4.85. The summed E-state index contributed by atoms with van der Waals surface area (Å²) in [6.07, 6.45) is 4.95. The molecule has 172 valence electrons. The second-order valence-electron chi connectivity index (χ2n) is 7.15. The zero-order valence-electron chi connectivity index (χ0n) is 18.1. The number of carbonyl (C=O) groups excluding carboxylic acids is 3. The molecule has 0 spiro atoms. The zero-order valence-corrected chi connectivity index (χ0v) is 18.1. The van der Waals surface area contributed by atoms with Gasteiger partial charge in [0.2, 0.25) is 0 Å². The Bertz CT molecular complexity index is 1330. The van der Waals surface area contributed by atoms with Crippen LogP contribution in [0.4, 0.5) is 10.1 Å². The fourth-order valence-corrected chi connectivity index (χ4v) is 3.26. The van der Waals surface area contributed by atoms with Gasteiger partial charge in [0.25, 0.3) is 11.8 Å². The third-order valence-corrected chi connectivity index (χ3v) is 4.91. The van der Waals surface area contributed by atoms with Gasteiger partial charge in [-0.25, -0.2) is 9.07 Å². The van der Waals surface area contributed by atoms with E-state index in [1.54, 1.807) is 59.4 Å². The number of aromatic nitrogens is 3. The number of halogens is 1. The van der Waals surface area contributed by atoms with E-state index in [2.05, 4.69) is 20.5 Å². The molecule has 0 bridgehead atoms. The average Bonchev–Trinajstić information content (AvgIpc) is 3.53. The van der Waals surface area contributed by atoms with Crippen LogP contribution in [0.3, 0.4) is 0 Å². The number of amides is 2. The lowest BCUT2D eigenvalue weighted by molar-refractivity contribution is -0.139. The molecule has 0 aliphatic heterocycles. The maximum absolute atomic E-state index is 13.4. The number of ether oxygens (including phenoxy) is 1. The van der Waals surface area contributed by atoms with E-state index in [1.165, 1.54) is 36.2 Å². The number of esters is 1. The molecule has 2 aromatic carbocycles. The van der Waals surface area contributed by atoms with Crippen LogP contribution in [0.5, 0.6) is 0 Å². The van der Waals surface area contributed by atoms with Gasteiger partial charge in [-0.3, -0.25) is 14.4 Å². The molecule has 0 atom stereocenters. The molecule has 0 aliphatic rings. The van der Waals surface area contributed by atoms with Crippen LogP contribution in [0.1, 0.15) is 20.7 Å². The van der Waals surface area contributed by atoms with Gasteiger partial charge in [-0.1, -0.05) is 6.07 Å². The van der Waals surface area contributed by atoms with Crippen LogP contribution in [-0.2, 0) is 9.53 Å². The molecule has 4 aromatic rings. The van der Waals surface area contributed by atoms with Gasteiger partial charge in [-0.05, 0) is 54.6 Å². The SMILES string of the molecule is COC(=O)CNC(=O)c1cccc(NC(=O)c2cnn(-c3ccc(F)cc3)c2-n2cccc2)c1. The van der Waals surface area contributed by atoms with Crippen molar-refractivity contribution in [2.75, 3.05) is 19.0 Å². The van der Waals surface area contributed by atoms with Gasteiger partial charge in [0.15, 0.2) is 5.82 Å². The summed E-state index contributed by atoms with van der Waals surface area (Å²) in [4.78, 5) is 36.7. The predicted molar refractivity (Wildman–Crippen MR) is 122 cm³/mol. The molecule has 0 aliphatic carbocycles. The van der Waals surface area contributed by atoms with Gasteiger partial charge in [0.1, 0.15) is 17.9 Å². The van der Waals surface area contributed by atoms with Crippen molar-refractivity contribution >= 4 is 23.5 Å². The zero-order chi connectivity index (χ0) is 24.1. The van der Waals surface area contributed by atoms with Gasteiger partial charge in [0.05, 0.1) is 19.0 Å². The summed E-state index contributed by atoms with van der Waals surface area (Å²) < 4.78 is 21.2. The number of benzene rings is 2. The minimum absolute atomic E-state index is 0.259. The molecule has 0 fully saturated rings. The van der Waals surface area contributed by atoms with Crippen molar-refractivity contribution in [1.82, 2.24) is 19.7 Å². The van der Waals surface area contributed by atoms with Crippen molar-refractivity contribution in [1.29, 1.82) is 0 Å². The Morgan fingerprint density at radius 3 is 2.44 bits per heavy atom. The summed E-state index contributed by atoms with van der Waals surface area (Å²) in [7, 11) is 1.23. The summed E-state index contributed by atoms with van der Waals surface area (Å²) in [5.74, 6) is -1.44. The fraction of sp³-hybridized carbons (Fsp3) is 0.0833. The molecular weight excluding hydrogens is 441 g/mol. The monoisotopic (exact) mass is 461 g/mol. The summed E-state index contributed by atoms with van der Waals surface area (Å²) in [6.45, 7) is -0.269. The molecule has 2 amide bonds. The first kappa shape index (κ1) is 22.5.